The maximum Gasteiger partial charge on any atom is 0.270 e. The van der Waals surface area contributed by atoms with Crippen molar-refractivity contribution in [2.24, 2.45) is 0 Å². The van der Waals surface area contributed by atoms with Gasteiger partial charge in [-0.1, -0.05) is 12.1 Å². The molecule has 1 fully saturated rings. The molecule has 2 heterocycles. The monoisotopic (exact) mass is 272 g/mol. The molecule has 1 aliphatic heterocycles. The van der Waals surface area contributed by atoms with E-state index < -0.39 is 0 Å². The number of aromatic nitrogens is 1. The van der Waals surface area contributed by atoms with Crippen LogP contribution in [0.1, 0.15) is 17.4 Å². The number of amides is 1. The zero-order valence-corrected chi connectivity index (χ0v) is 11.9. The summed E-state index contributed by atoms with van der Waals surface area (Å²) >= 11 is 0. The first-order chi connectivity index (χ1) is 9.56. The molecule has 1 atom stereocenters. The Hall–Kier alpha value is -2.01. The Kier molecular flexibility index (Phi) is 3.14. The third kappa shape index (κ3) is 2.14. The van der Waals surface area contributed by atoms with Crippen LogP contribution >= 0.6 is 0 Å². The molecule has 1 unspecified atom stereocenters. The summed E-state index contributed by atoms with van der Waals surface area (Å²) in [6.45, 7) is 4.59. The minimum absolute atomic E-state index is 0.0561. The van der Waals surface area contributed by atoms with Crippen molar-refractivity contribution < 1.29 is 4.79 Å². The molecule has 1 aromatic heterocycles. The summed E-state index contributed by atoms with van der Waals surface area (Å²) in [4.78, 5) is 19.9. The summed E-state index contributed by atoms with van der Waals surface area (Å²) < 4.78 is 0. The molecule has 1 aliphatic rings. The van der Waals surface area contributed by atoms with E-state index in [-0.39, 0.29) is 5.91 Å². The van der Waals surface area contributed by atoms with Gasteiger partial charge in [-0.2, -0.15) is 0 Å². The summed E-state index contributed by atoms with van der Waals surface area (Å²) in [5.41, 5.74) is 8.07. The smallest absolute Gasteiger partial charge is 0.270 e. The van der Waals surface area contributed by atoms with Crippen LogP contribution in [0.2, 0.25) is 0 Å². The van der Waals surface area contributed by atoms with Crippen LogP contribution in [0.4, 0.5) is 5.69 Å². The molecule has 0 spiro atoms. The predicted octanol–water partition coefficient (Wildman–Crippen LogP) is 1.53. The summed E-state index contributed by atoms with van der Waals surface area (Å²) in [6, 6.07) is 7.98. The lowest BCUT2D eigenvalue weighted by Crippen LogP contribution is -2.52. The summed E-state index contributed by atoms with van der Waals surface area (Å²) in [6.07, 6.45) is 0. The highest BCUT2D eigenvalue weighted by atomic mass is 16.2. The highest BCUT2D eigenvalue weighted by Gasteiger charge is 2.26. The van der Waals surface area contributed by atoms with Gasteiger partial charge in [-0.15, -0.1) is 0 Å². The molecule has 5 heteroatoms. The molecule has 5 nitrogen and oxygen atoms in total. The van der Waals surface area contributed by atoms with Crippen LogP contribution in [0.3, 0.4) is 0 Å². The average Bonchev–Trinajstić information content (AvgIpc) is 2.86. The third-order valence-electron chi connectivity index (χ3n) is 4.17. The standard InChI is InChI=1S/C15H20N4O/c1-10-9-19(7-6-18(10)2)15(20)13-8-11-4-3-5-12(16)14(11)17-13/h3-5,8,10,17H,6-7,9,16H2,1-2H3. The fourth-order valence-corrected chi connectivity index (χ4v) is 2.70. The van der Waals surface area contributed by atoms with Crippen molar-refractivity contribution in [2.45, 2.75) is 13.0 Å². The van der Waals surface area contributed by atoms with Gasteiger partial charge in [-0.25, -0.2) is 0 Å². The lowest BCUT2D eigenvalue weighted by molar-refractivity contribution is 0.0568. The fourth-order valence-electron chi connectivity index (χ4n) is 2.70. The highest BCUT2D eigenvalue weighted by Crippen LogP contribution is 2.22. The number of hydrogen-bond donors (Lipinski definition) is 2. The van der Waals surface area contributed by atoms with Crippen molar-refractivity contribution >= 4 is 22.5 Å². The van der Waals surface area contributed by atoms with E-state index in [2.05, 4.69) is 23.9 Å². The molecule has 1 amide bonds. The van der Waals surface area contributed by atoms with Crippen LogP contribution in [0.25, 0.3) is 10.9 Å². The number of piperazine rings is 1. The van der Waals surface area contributed by atoms with E-state index in [1.807, 2.05) is 29.2 Å². The number of fused-ring (bicyclic) bond motifs is 1. The predicted molar refractivity (Wildman–Crippen MR) is 80.7 cm³/mol. The number of benzene rings is 1. The number of rotatable bonds is 1. The lowest BCUT2D eigenvalue weighted by Gasteiger charge is -2.37. The number of nitrogen functional groups attached to an aromatic ring is 1. The van der Waals surface area contributed by atoms with E-state index in [0.717, 1.165) is 30.5 Å². The normalized spacial score (nSPS) is 20.5. The Morgan fingerprint density at radius 1 is 1.40 bits per heavy atom. The van der Waals surface area contributed by atoms with E-state index in [1.165, 1.54) is 0 Å². The maximum atomic E-state index is 12.6. The van der Waals surface area contributed by atoms with Crippen LogP contribution < -0.4 is 5.73 Å². The van der Waals surface area contributed by atoms with Gasteiger partial charge in [0, 0.05) is 31.1 Å². The van der Waals surface area contributed by atoms with Crippen molar-refractivity contribution in [3.63, 3.8) is 0 Å². The number of H-pyrrole nitrogens is 1. The van der Waals surface area contributed by atoms with Gasteiger partial charge in [0.25, 0.3) is 5.91 Å². The highest BCUT2D eigenvalue weighted by molar-refractivity contribution is 6.00. The second kappa shape index (κ2) is 4.83. The third-order valence-corrected chi connectivity index (χ3v) is 4.17. The topological polar surface area (TPSA) is 65.4 Å². The minimum atomic E-state index is 0.0561. The second-order valence-electron chi connectivity index (χ2n) is 5.58. The van der Waals surface area contributed by atoms with Crippen LogP contribution in [0, 0.1) is 0 Å². The van der Waals surface area contributed by atoms with E-state index >= 15 is 0 Å². The van der Waals surface area contributed by atoms with Gasteiger partial charge in [0.15, 0.2) is 0 Å². The van der Waals surface area contributed by atoms with Crippen LogP contribution in [-0.4, -0.2) is 53.4 Å². The molecular weight excluding hydrogens is 252 g/mol. The number of nitrogens with zero attached hydrogens (tertiary/aromatic N) is 2. The van der Waals surface area contributed by atoms with Crippen LogP contribution in [-0.2, 0) is 0 Å². The molecule has 1 aromatic carbocycles. The largest absolute Gasteiger partial charge is 0.397 e. The molecule has 0 bridgehead atoms. The first-order valence-electron chi connectivity index (χ1n) is 6.93. The van der Waals surface area contributed by atoms with Gasteiger partial charge < -0.3 is 20.5 Å². The van der Waals surface area contributed by atoms with E-state index in [0.29, 0.717) is 17.4 Å². The first-order valence-corrected chi connectivity index (χ1v) is 6.93. The quantitative estimate of drug-likeness (QED) is 0.774. The fraction of sp³-hybridized carbons (Fsp3) is 0.400. The molecule has 0 radical (unpaired) electrons. The molecule has 106 valence electrons. The summed E-state index contributed by atoms with van der Waals surface area (Å²) in [5.74, 6) is 0.0561. The number of aromatic amines is 1. The minimum Gasteiger partial charge on any atom is -0.397 e. The van der Waals surface area contributed by atoms with E-state index in [4.69, 9.17) is 5.73 Å². The Labute approximate surface area is 118 Å². The number of likely N-dealkylation sites (N-methyl/N-ethyl adjacent to an activating group) is 1. The molecular formula is C15H20N4O. The summed E-state index contributed by atoms with van der Waals surface area (Å²) in [7, 11) is 2.09. The molecule has 3 rings (SSSR count). The van der Waals surface area contributed by atoms with E-state index in [9.17, 15) is 4.79 Å². The van der Waals surface area contributed by atoms with Crippen molar-refractivity contribution in [1.29, 1.82) is 0 Å². The molecule has 20 heavy (non-hydrogen) atoms. The maximum absolute atomic E-state index is 12.6. The van der Waals surface area contributed by atoms with Gasteiger partial charge in [-0.3, -0.25) is 4.79 Å². The Balaban J connectivity index is 1.87. The Bertz CT molecular complexity index is 648. The van der Waals surface area contributed by atoms with Crippen LogP contribution in [0.5, 0.6) is 0 Å². The van der Waals surface area contributed by atoms with Gasteiger partial charge in [-0.05, 0) is 26.1 Å². The van der Waals surface area contributed by atoms with Gasteiger partial charge in [0.1, 0.15) is 5.69 Å². The van der Waals surface area contributed by atoms with Gasteiger partial charge in [0.2, 0.25) is 0 Å². The number of nitrogens with one attached hydrogen (secondary N) is 1. The molecule has 3 N–H and O–H groups in total. The SMILES string of the molecule is CC1CN(C(=O)c2cc3cccc(N)c3[nH]2)CCN1C. The first kappa shape index (κ1) is 13.0. The summed E-state index contributed by atoms with van der Waals surface area (Å²) in [5, 5.41) is 0.982. The lowest BCUT2D eigenvalue weighted by atomic mass is 10.2. The Morgan fingerprint density at radius 2 is 2.20 bits per heavy atom. The van der Waals surface area contributed by atoms with Gasteiger partial charge in [0.05, 0.1) is 11.2 Å². The van der Waals surface area contributed by atoms with Crippen molar-refractivity contribution in [3.05, 3.63) is 30.0 Å². The van der Waals surface area contributed by atoms with Crippen molar-refractivity contribution in [1.82, 2.24) is 14.8 Å². The number of carbonyl (C=O) groups excluding carboxylic acids is 1. The van der Waals surface area contributed by atoms with E-state index in [1.54, 1.807) is 0 Å². The zero-order chi connectivity index (χ0) is 14.3. The zero-order valence-electron chi connectivity index (χ0n) is 11.9. The van der Waals surface area contributed by atoms with Crippen LogP contribution in [0.15, 0.2) is 24.3 Å². The Morgan fingerprint density at radius 3 is 2.90 bits per heavy atom. The molecule has 2 aromatic rings. The molecule has 1 saturated heterocycles. The van der Waals surface area contributed by atoms with Gasteiger partial charge >= 0.3 is 0 Å². The molecule has 0 aliphatic carbocycles. The van der Waals surface area contributed by atoms with Crippen molar-refractivity contribution in [2.75, 3.05) is 32.4 Å². The van der Waals surface area contributed by atoms with Crippen molar-refractivity contribution in [3.8, 4) is 0 Å². The number of para-hydroxylation sites is 1. The number of carbonyl (C=O) groups is 1. The average molecular weight is 272 g/mol. The number of hydrogen-bond acceptors (Lipinski definition) is 3. The number of nitrogens with two attached hydrogens (primary N) is 1. The second-order valence-corrected chi connectivity index (χ2v) is 5.58. The molecule has 0 saturated carbocycles. The number of anilines is 1.